The number of aromatic nitrogens is 8. The molecule has 296 valence electrons. The number of rotatable bonds is 7. The van der Waals surface area contributed by atoms with Gasteiger partial charge < -0.3 is 19.6 Å². The first-order valence-corrected chi connectivity index (χ1v) is 20.7. The summed E-state index contributed by atoms with van der Waals surface area (Å²) in [5.74, 6) is 1.27. The Morgan fingerprint density at radius 2 is 1.12 bits per heavy atom. The number of nitrogens with zero attached hydrogens (tertiary/aromatic N) is 11. The van der Waals surface area contributed by atoms with Crippen LogP contribution in [0.2, 0.25) is 10.0 Å². The van der Waals surface area contributed by atoms with Crippen LogP contribution in [0.3, 0.4) is 0 Å². The fourth-order valence-corrected chi connectivity index (χ4v) is 7.45. The summed E-state index contributed by atoms with van der Waals surface area (Å²) in [5, 5.41) is 26.9. The van der Waals surface area contributed by atoms with Gasteiger partial charge in [0.25, 0.3) is 0 Å². The number of carbonyl (C=O) groups is 2. The van der Waals surface area contributed by atoms with Crippen LogP contribution in [-0.4, -0.2) is 121 Å². The van der Waals surface area contributed by atoms with Gasteiger partial charge in [-0.15, -0.1) is 26.9 Å². The third kappa shape index (κ3) is 11.5. The van der Waals surface area contributed by atoms with E-state index >= 15 is 0 Å². The van der Waals surface area contributed by atoms with Crippen molar-refractivity contribution in [3.63, 3.8) is 0 Å². The lowest BCUT2D eigenvalue weighted by atomic mass is 10.2. The third-order valence-corrected chi connectivity index (χ3v) is 11.3. The number of carbonyl (C=O) groups excluding carboxylic acids is 2. The molecule has 6 aromatic rings. The molecule has 2 saturated heterocycles. The lowest BCUT2D eigenvalue weighted by molar-refractivity contribution is -0.132. The van der Waals surface area contributed by atoms with Gasteiger partial charge in [0.05, 0.1) is 0 Å². The Bertz CT molecular complexity index is 2200. The van der Waals surface area contributed by atoms with E-state index < -0.39 is 0 Å². The highest BCUT2D eigenvalue weighted by Gasteiger charge is 2.24. The molecule has 2 fully saturated rings. The molecule has 0 atom stereocenters. The van der Waals surface area contributed by atoms with Crippen LogP contribution in [0.4, 0.5) is 11.4 Å². The van der Waals surface area contributed by atoms with Crippen LogP contribution in [0.15, 0.2) is 106 Å². The molecule has 2 aromatic heterocycles. The van der Waals surface area contributed by atoms with Gasteiger partial charge >= 0.3 is 0 Å². The first-order chi connectivity index (χ1) is 27.7. The number of nitrogens with one attached hydrogen (secondary N) is 1. The van der Waals surface area contributed by atoms with Crippen molar-refractivity contribution < 1.29 is 9.59 Å². The molecule has 0 unspecified atom stereocenters. The fourth-order valence-electron chi connectivity index (χ4n) is 6.11. The molecule has 2 aliphatic rings. The summed E-state index contributed by atoms with van der Waals surface area (Å²) in [6.45, 7) is 6.13. The Labute approximate surface area is 361 Å². The van der Waals surface area contributed by atoms with Gasteiger partial charge in [0.15, 0.2) is 5.82 Å². The Hall–Kier alpha value is -4.61. The average Bonchev–Trinajstić information content (AvgIpc) is 3.95. The van der Waals surface area contributed by atoms with Crippen LogP contribution in [0, 0.1) is 0 Å². The number of tetrazole rings is 2. The molecule has 1 N–H and O–H groups in total. The number of piperazine rings is 2. The molecule has 0 spiro atoms. The van der Waals surface area contributed by atoms with Gasteiger partial charge in [0.1, 0.15) is 12.4 Å². The fraction of sp³-hybridized carbons (Fsp3) is 0.263. The van der Waals surface area contributed by atoms with E-state index in [9.17, 15) is 9.59 Å². The normalized spacial score (nSPS) is 14.0. The highest BCUT2D eigenvalue weighted by atomic mass is 79.9. The van der Waals surface area contributed by atoms with Gasteiger partial charge in [0, 0.05) is 93.9 Å². The van der Waals surface area contributed by atoms with Crippen LogP contribution < -0.4 is 9.80 Å². The van der Waals surface area contributed by atoms with E-state index in [-0.39, 0.29) is 24.2 Å². The quantitative estimate of drug-likeness (QED) is 0.167. The SMILES string of the molecule is Brc1ccccc1-c1nn[nH]n1.O=C(CCl)N1CCN(c2ccc(Cl)cc2)CC1.O=C(Cn1nnnc1-c1ccccc1Br)N1CCN(c2ccc(Cl)cc2)CC1. The number of hydrogen-bond acceptors (Lipinski definition) is 10. The number of benzene rings is 4. The highest BCUT2D eigenvalue weighted by molar-refractivity contribution is 9.11. The van der Waals surface area contributed by atoms with Crippen molar-refractivity contribution in [2.45, 2.75) is 6.54 Å². The van der Waals surface area contributed by atoms with Crippen molar-refractivity contribution in [3.8, 4) is 22.8 Å². The van der Waals surface area contributed by atoms with E-state index in [1.54, 1.807) is 9.58 Å². The van der Waals surface area contributed by atoms with E-state index in [0.29, 0.717) is 24.7 Å². The average molecular weight is 960 g/mol. The number of amides is 2. The minimum Gasteiger partial charge on any atom is -0.368 e. The minimum absolute atomic E-state index is 0.0105. The number of halogens is 5. The summed E-state index contributed by atoms with van der Waals surface area (Å²) < 4.78 is 3.40. The summed E-state index contributed by atoms with van der Waals surface area (Å²) in [6.07, 6.45) is 0. The molecule has 2 aliphatic heterocycles. The molecule has 19 heteroatoms. The molecule has 4 aromatic carbocycles. The van der Waals surface area contributed by atoms with Gasteiger partial charge in [-0.2, -0.15) is 5.21 Å². The van der Waals surface area contributed by atoms with Crippen molar-refractivity contribution in [2.75, 3.05) is 68.0 Å². The van der Waals surface area contributed by atoms with Gasteiger partial charge in [-0.25, -0.2) is 4.68 Å². The highest BCUT2D eigenvalue weighted by Crippen LogP contribution is 2.26. The minimum atomic E-state index is 0.0105. The Balaban J connectivity index is 0.000000160. The predicted octanol–water partition coefficient (Wildman–Crippen LogP) is 6.96. The second-order valence-electron chi connectivity index (χ2n) is 12.7. The number of anilines is 2. The Kier molecular flexibility index (Phi) is 15.3. The number of alkyl halides is 1. The van der Waals surface area contributed by atoms with Crippen LogP contribution in [0.1, 0.15) is 0 Å². The molecule has 57 heavy (non-hydrogen) atoms. The van der Waals surface area contributed by atoms with Crippen LogP contribution in [-0.2, 0) is 16.1 Å². The summed E-state index contributed by atoms with van der Waals surface area (Å²) in [6, 6.07) is 31.0. The van der Waals surface area contributed by atoms with Crippen LogP contribution in [0.25, 0.3) is 22.8 Å². The first kappa shape index (κ1) is 42.0. The zero-order valence-electron chi connectivity index (χ0n) is 30.4. The number of aromatic amines is 1. The van der Waals surface area contributed by atoms with Crippen molar-refractivity contribution >= 4 is 89.9 Å². The molecular formula is C38H37Br2Cl3N12O2. The second-order valence-corrected chi connectivity index (χ2v) is 15.5. The van der Waals surface area contributed by atoms with Gasteiger partial charge in [-0.1, -0.05) is 79.3 Å². The number of hydrogen-bond donors (Lipinski definition) is 1. The summed E-state index contributed by atoms with van der Waals surface area (Å²) in [7, 11) is 0. The maximum Gasteiger partial charge on any atom is 0.244 e. The van der Waals surface area contributed by atoms with Gasteiger partial charge in [-0.05, 0) is 88.4 Å². The third-order valence-electron chi connectivity index (χ3n) is 9.15. The molecule has 8 rings (SSSR count). The van der Waals surface area contributed by atoms with Gasteiger partial charge in [-0.3, -0.25) is 9.59 Å². The van der Waals surface area contributed by atoms with Crippen molar-refractivity contribution in [1.82, 2.24) is 50.6 Å². The smallest absolute Gasteiger partial charge is 0.244 e. The van der Waals surface area contributed by atoms with Crippen molar-refractivity contribution in [1.29, 1.82) is 0 Å². The topological polar surface area (TPSA) is 145 Å². The second kappa shape index (κ2) is 20.7. The lowest BCUT2D eigenvalue weighted by Crippen LogP contribution is -2.49. The molecular weight excluding hydrogens is 923 g/mol. The van der Waals surface area contributed by atoms with E-state index in [4.69, 9.17) is 34.8 Å². The predicted molar refractivity (Wildman–Crippen MR) is 229 cm³/mol. The van der Waals surface area contributed by atoms with Crippen molar-refractivity contribution in [2.24, 2.45) is 0 Å². The molecule has 0 saturated carbocycles. The summed E-state index contributed by atoms with van der Waals surface area (Å²) >= 11 is 24.2. The van der Waals surface area contributed by atoms with E-state index in [1.165, 1.54) is 0 Å². The van der Waals surface area contributed by atoms with Crippen molar-refractivity contribution in [3.05, 3.63) is 116 Å². The molecule has 2 amide bonds. The molecule has 0 bridgehead atoms. The maximum absolute atomic E-state index is 12.8. The molecule has 4 heterocycles. The van der Waals surface area contributed by atoms with E-state index in [0.717, 1.165) is 80.8 Å². The first-order valence-electron chi connectivity index (χ1n) is 17.8. The monoisotopic (exact) mass is 956 g/mol. The largest absolute Gasteiger partial charge is 0.368 e. The lowest BCUT2D eigenvalue weighted by Gasteiger charge is -2.36. The Morgan fingerprint density at radius 3 is 1.60 bits per heavy atom. The van der Waals surface area contributed by atoms with Gasteiger partial charge in [0.2, 0.25) is 17.6 Å². The van der Waals surface area contributed by atoms with E-state index in [2.05, 4.69) is 77.8 Å². The Morgan fingerprint density at radius 1 is 0.632 bits per heavy atom. The van der Waals surface area contributed by atoms with E-state index in [1.807, 2.05) is 102 Å². The maximum atomic E-state index is 12.8. The molecule has 0 radical (unpaired) electrons. The number of H-pyrrole nitrogens is 1. The summed E-state index contributed by atoms with van der Waals surface area (Å²) in [4.78, 5) is 32.4. The standard InChI is InChI=1S/C19H18BrClN6O.C12H14Cl2N2O.C7H5BrN4/c20-17-4-2-1-3-16(17)19-22-23-24-27(19)13-18(28)26-11-9-25(10-12-26)15-7-5-14(21)6-8-15;13-9-12(17)16-7-5-15(6-8-16)11-3-1-10(14)2-4-11;8-6-4-2-1-3-5(6)7-9-11-12-10-7/h1-8H,9-13H2;1-4H,5-9H2;1-4H,(H,9,10,11,12). The van der Waals surface area contributed by atoms with Crippen LogP contribution >= 0.6 is 66.7 Å². The molecule has 0 aliphatic carbocycles. The zero-order chi connectivity index (χ0) is 40.1. The molecule has 14 nitrogen and oxygen atoms in total. The van der Waals surface area contributed by atoms with Crippen LogP contribution in [0.5, 0.6) is 0 Å². The summed E-state index contributed by atoms with van der Waals surface area (Å²) in [5.41, 5.74) is 4.06. The zero-order valence-corrected chi connectivity index (χ0v) is 35.9.